The predicted octanol–water partition coefficient (Wildman–Crippen LogP) is 3.55. The standard InChI is InChI=1S/C16H17N2O2PS/c1-18-15(22)17-16(21(18,19)20-2,13-9-5-3-6-10-13)14-11-7-4-8-12-14/h3-12H,1-2H3,(H,17,22). The Morgan fingerprint density at radius 2 is 1.50 bits per heavy atom. The third kappa shape index (κ3) is 1.93. The van der Waals surface area contributed by atoms with Crippen LogP contribution in [0.4, 0.5) is 0 Å². The summed E-state index contributed by atoms with van der Waals surface area (Å²) in [5, 5.41) is 2.67. The fraction of sp³-hybridized carbons (Fsp3) is 0.188. The molecule has 1 unspecified atom stereocenters. The molecule has 4 nitrogen and oxygen atoms in total. The maximum Gasteiger partial charge on any atom is 0.331 e. The van der Waals surface area contributed by atoms with E-state index < -0.39 is 12.8 Å². The Balaban J connectivity index is 2.35. The molecule has 2 aromatic rings. The molecule has 2 aromatic carbocycles. The maximum absolute atomic E-state index is 13.7. The molecule has 3 rings (SSSR count). The average Bonchev–Trinajstić information content (AvgIpc) is 2.79. The van der Waals surface area contributed by atoms with E-state index in [2.05, 4.69) is 5.32 Å². The number of hydrogen-bond donors (Lipinski definition) is 1. The third-order valence-corrected chi connectivity index (χ3v) is 7.50. The molecule has 0 bridgehead atoms. The second kappa shape index (κ2) is 5.51. The summed E-state index contributed by atoms with van der Waals surface area (Å²) in [6.45, 7) is 0. The zero-order valence-corrected chi connectivity index (χ0v) is 14.1. The van der Waals surface area contributed by atoms with Crippen LogP contribution in [0.25, 0.3) is 0 Å². The summed E-state index contributed by atoms with van der Waals surface area (Å²) in [5.74, 6) is 0. The second-order valence-electron chi connectivity index (χ2n) is 5.10. The lowest BCUT2D eigenvalue weighted by molar-refractivity contribution is 0.346. The van der Waals surface area contributed by atoms with E-state index in [1.807, 2.05) is 60.7 Å². The molecule has 1 atom stereocenters. The van der Waals surface area contributed by atoms with Gasteiger partial charge in [0.1, 0.15) is 0 Å². The van der Waals surface area contributed by atoms with Crippen LogP contribution < -0.4 is 5.32 Å². The quantitative estimate of drug-likeness (QED) is 0.688. The molecule has 0 aliphatic carbocycles. The summed E-state index contributed by atoms with van der Waals surface area (Å²) < 4.78 is 20.8. The van der Waals surface area contributed by atoms with Gasteiger partial charge in [-0.05, 0) is 23.3 Å². The van der Waals surface area contributed by atoms with Gasteiger partial charge in [-0.2, -0.15) is 0 Å². The van der Waals surface area contributed by atoms with Gasteiger partial charge in [0.05, 0.1) is 0 Å². The van der Waals surface area contributed by atoms with E-state index in [0.717, 1.165) is 11.1 Å². The van der Waals surface area contributed by atoms with Crippen LogP contribution in [0.5, 0.6) is 0 Å². The van der Waals surface area contributed by atoms with Gasteiger partial charge in [-0.3, -0.25) is 9.24 Å². The summed E-state index contributed by atoms with van der Waals surface area (Å²) in [4.78, 5) is 0. The van der Waals surface area contributed by atoms with Crippen LogP contribution in [0.3, 0.4) is 0 Å². The molecule has 22 heavy (non-hydrogen) atoms. The van der Waals surface area contributed by atoms with Crippen molar-refractivity contribution in [2.45, 2.75) is 5.28 Å². The van der Waals surface area contributed by atoms with E-state index in [1.54, 1.807) is 11.7 Å². The van der Waals surface area contributed by atoms with Crippen molar-refractivity contribution in [2.75, 3.05) is 14.2 Å². The molecule has 1 aliphatic rings. The van der Waals surface area contributed by atoms with Gasteiger partial charge in [-0.25, -0.2) is 0 Å². The van der Waals surface area contributed by atoms with E-state index in [-0.39, 0.29) is 0 Å². The number of thiocarbonyl (C=S) groups is 1. The smallest absolute Gasteiger partial charge is 0.331 e. The topological polar surface area (TPSA) is 41.6 Å². The second-order valence-corrected chi connectivity index (χ2v) is 8.16. The minimum Gasteiger partial charge on any atom is -0.339 e. The van der Waals surface area contributed by atoms with E-state index in [4.69, 9.17) is 16.7 Å². The lowest BCUT2D eigenvalue weighted by atomic mass is 9.98. The number of rotatable bonds is 3. The number of nitrogens with zero attached hydrogens (tertiary/aromatic N) is 1. The molecule has 6 heteroatoms. The van der Waals surface area contributed by atoms with Gasteiger partial charge in [0.25, 0.3) is 0 Å². The van der Waals surface area contributed by atoms with E-state index in [0.29, 0.717) is 5.11 Å². The SMILES string of the molecule is COP1(=O)N(C)C(=S)NC1(c1ccccc1)c1ccccc1. The average molecular weight is 332 g/mol. The van der Waals surface area contributed by atoms with E-state index >= 15 is 0 Å². The van der Waals surface area contributed by atoms with Crippen LogP contribution in [0, 0.1) is 0 Å². The van der Waals surface area contributed by atoms with Crippen molar-refractivity contribution in [2.24, 2.45) is 0 Å². The first kappa shape index (κ1) is 15.2. The van der Waals surface area contributed by atoms with Gasteiger partial charge in [0.15, 0.2) is 10.4 Å². The van der Waals surface area contributed by atoms with Gasteiger partial charge < -0.3 is 9.84 Å². The lowest BCUT2D eigenvalue weighted by Gasteiger charge is -2.35. The molecular formula is C16H17N2O2PS. The lowest BCUT2D eigenvalue weighted by Crippen LogP contribution is -2.39. The summed E-state index contributed by atoms with van der Waals surface area (Å²) in [5.41, 5.74) is 1.72. The van der Waals surface area contributed by atoms with Crippen LogP contribution in [0.2, 0.25) is 0 Å². The van der Waals surface area contributed by atoms with Crippen LogP contribution in [-0.4, -0.2) is 23.9 Å². The van der Waals surface area contributed by atoms with Gasteiger partial charge in [0, 0.05) is 14.2 Å². The first-order valence-electron chi connectivity index (χ1n) is 6.89. The van der Waals surface area contributed by atoms with Gasteiger partial charge in [-0.15, -0.1) is 0 Å². The Morgan fingerprint density at radius 3 is 1.91 bits per heavy atom. The Kier molecular flexibility index (Phi) is 3.81. The van der Waals surface area contributed by atoms with Crippen LogP contribution in [0.15, 0.2) is 60.7 Å². The van der Waals surface area contributed by atoms with Crippen molar-refractivity contribution in [3.8, 4) is 0 Å². The Hall–Kier alpha value is -1.68. The fourth-order valence-corrected chi connectivity index (χ4v) is 5.91. The molecule has 1 N–H and O–H groups in total. The van der Waals surface area contributed by atoms with Crippen molar-refractivity contribution in [3.63, 3.8) is 0 Å². The molecule has 114 valence electrons. The van der Waals surface area contributed by atoms with Crippen molar-refractivity contribution in [1.29, 1.82) is 0 Å². The highest BCUT2D eigenvalue weighted by atomic mass is 32.1. The summed E-state index contributed by atoms with van der Waals surface area (Å²) in [7, 11) is -0.135. The summed E-state index contributed by atoms with van der Waals surface area (Å²) in [6.07, 6.45) is 0. The first-order valence-corrected chi connectivity index (χ1v) is 8.88. The highest BCUT2D eigenvalue weighted by Gasteiger charge is 2.61. The van der Waals surface area contributed by atoms with Crippen LogP contribution in [0.1, 0.15) is 11.1 Å². The highest BCUT2D eigenvalue weighted by Crippen LogP contribution is 2.69. The molecule has 0 radical (unpaired) electrons. The van der Waals surface area contributed by atoms with E-state index in [1.165, 1.54) is 7.11 Å². The minimum atomic E-state index is -3.30. The molecule has 1 saturated heterocycles. The maximum atomic E-state index is 13.7. The Labute approximate surface area is 135 Å². The zero-order chi connectivity index (χ0) is 15.8. The molecule has 0 amide bonds. The zero-order valence-electron chi connectivity index (χ0n) is 12.4. The summed E-state index contributed by atoms with van der Waals surface area (Å²) >= 11 is 5.37. The Morgan fingerprint density at radius 1 is 1.05 bits per heavy atom. The van der Waals surface area contributed by atoms with Crippen molar-refractivity contribution in [1.82, 2.24) is 9.99 Å². The van der Waals surface area contributed by atoms with Gasteiger partial charge >= 0.3 is 7.52 Å². The van der Waals surface area contributed by atoms with Gasteiger partial charge in [-0.1, -0.05) is 60.7 Å². The van der Waals surface area contributed by atoms with Crippen molar-refractivity contribution in [3.05, 3.63) is 71.8 Å². The molecule has 1 heterocycles. The molecular weight excluding hydrogens is 315 g/mol. The first-order chi connectivity index (χ1) is 10.6. The third-order valence-electron chi connectivity index (χ3n) is 4.03. The normalized spacial score (nSPS) is 23.4. The van der Waals surface area contributed by atoms with Crippen molar-refractivity contribution >= 4 is 24.8 Å². The highest BCUT2D eigenvalue weighted by molar-refractivity contribution is 7.81. The molecule has 0 aromatic heterocycles. The molecule has 1 aliphatic heterocycles. The monoisotopic (exact) mass is 332 g/mol. The van der Waals surface area contributed by atoms with Gasteiger partial charge in [0.2, 0.25) is 0 Å². The fourth-order valence-electron chi connectivity index (χ4n) is 2.91. The van der Waals surface area contributed by atoms with Crippen LogP contribution >= 0.6 is 19.7 Å². The molecule has 1 fully saturated rings. The largest absolute Gasteiger partial charge is 0.339 e. The minimum absolute atomic E-state index is 0.415. The number of hydrogen-bond acceptors (Lipinski definition) is 3. The summed E-state index contributed by atoms with van der Waals surface area (Å²) in [6, 6.07) is 19.3. The predicted molar refractivity (Wildman–Crippen MR) is 91.8 cm³/mol. The number of benzene rings is 2. The Bertz CT molecular complexity index is 697. The molecule has 0 saturated carbocycles. The van der Waals surface area contributed by atoms with Crippen LogP contribution in [-0.2, 0) is 14.4 Å². The van der Waals surface area contributed by atoms with E-state index in [9.17, 15) is 4.57 Å². The number of nitrogens with one attached hydrogen (secondary N) is 1. The molecule has 0 spiro atoms. The van der Waals surface area contributed by atoms with Crippen molar-refractivity contribution < 1.29 is 9.09 Å².